The minimum absolute atomic E-state index is 0.152. The Balaban J connectivity index is 2.17. The van der Waals surface area contributed by atoms with Gasteiger partial charge in [-0.3, -0.25) is 0 Å². The van der Waals surface area contributed by atoms with Gasteiger partial charge in [0.05, 0.1) is 21.9 Å². The molecule has 2 N–H and O–H groups in total. The molecule has 1 fully saturated rings. The van der Waals surface area contributed by atoms with Gasteiger partial charge in [-0.1, -0.05) is 29.3 Å². The smallest absolute Gasteiger partial charge is 0.212 e. The second-order valence-electron chi connectivity index (χ2n) is 4.70. The molecule has 7 heteroatoms. The van der Waals surface area contributed by atoms with Gasteiger partial charge in [0.15, 0.2) is 0 Å². The van der Waals surface area contributed by atoms with Gasteiger partial charge in [0.25, 0.3) is 0 Å². The van der Waals surface area contributed by atoms with E-state index in [2.05, 4.69) is 0 Å². The van der Waals surface area contributed by atoms with Gasteiger partial charge in [-0.15, -0.1) is 0 Å². The number of halogens is 2. The summed E-state index contributed by atoms with van der Waals surface area (Å²) in [4.78, 5) is 0. The Morgan fingerprint density at radius 1 is 1.32 bits per heavy atom. The molecule has 1 aliphatic heterocycles. The molecule has 0 bridgehead atoms. The summed E-state index contributed by atoms with van der Waals surface area (Å²) in [6, 6.07) is 5.29. The number of sulfonamides is 1. The van der Waals surface area contributed by atoms with E-state index >= 15 is 0 Å². The number of benzene rings is 1. The van der Waals surface area contributed by atoms with Crippen molar-refractivity contribution < 1.29 is 13.2 Å². The number of hydrogen-bond acceptors (Lipinski definition) is 3. The highest BCUT2D eigenvalue weighted by molar-refractivity contribution is 7.89. The summed E-state index contributed by atoms with van der Waals surface area (Å²) in [5, 5.41) is 5.66. The average molecular weight is 324 g/mol. The van der Waals surface area contributed by atoms with Gasteiger partial charge in [-0.25, -0.2) is 13.6 Å². The van der Waals surface area contributed by atoms with Gasteiger partial charge in [-0.2, -0.15) is 0 Å². The van der Waals surface area contributed by atoms with Crippen LogP contribution in [0.2, 0.25) is 10.0 Å². The molecule has 19 heavy (non-hydrogen) atoms. The van der Waals surface area contributed by atoms with Crippen molar-refractivity contribution in [3.8, 4) is 0 Å². The fourth-order valence-corrected chi connectivity index (χ4v) is 3.83. The van der Waals surface area contributed by atoms with E-state index in [4.69, 9.17) is 33.1 Å². The fourth-order valence-electron chi connectivity index (χ4n) is 2.37. The molecular formula is C12H15Cl2NO3S. The Morgan fingerprint density at radius 3 is 2.68 bits per heavy atom. The zero-order chi connectivity index (χ0) is 14.0. The number of rotatable bonds is 3. The van der Waals surface area contributed by atoms with Crippen LogP contribution >= 0.6 is 23.2 Å². The van der Waals surface area contributed by atoms with Crippen molar-refractivity contribution in [3.05, 3.63) is 33.8 Å². The van der Waals surface area contributed by atoms with Crippen molar-refractivity contribution in [2.75, 3.05) is 13.2 Å². The molecule has 0 amide bonds. The van der Waals surface area contributed by atoms with Gasteiger partial charge < -0.3 is 4.74 Å². The summed E-state index contributed by atoms with van der Waals surface area (Å²) in [5.41, 5.74) is 0.929. The van der Waals surface area contributed by atoms with E-state index in [0.717, 1.165) is 5.56 Å². The van der Waals surface area contributed by atoms with Gasteiger partial charge in [0, 0.05) is 12.5 Å². The molecule has 0 radical (unpaired) electrons. The molecule has 4 nitrogen and oxygen atoms in total. The lowest BCUT2D eigenvalue weighted by Gasteiger charge is -2.30. The molecule has 2 atom stereocenters. The minimum atomic E-state index is -3.55. The Morgan fingerprint density at radius 2 is 2.05 bits per heavy atom. The molecule has 1 aliphatic rings. The number of ether oxygens (including phenoxy) is 1. The van der Waals surface area contributed by atoms with Crippen molar-refractivity contribution in [1.29, 1.82) is 0 Å². The van der Waals surface area contributed by atoms with Crippen LogP contribution in [0.4, 0.5) is 0 Å². The van der Waals surface area contributed by atoms with E-state index in [1.807, 2.05) is 6.07 Å². The zero-order valence-corrected chi connectivity index (χ0v) is 12.5. The number of nitrogens with two attached hydrogens (primary N) is 1. The summed E-state index contributed by atoms with van der Waals surface area (Å²) in [6.45, 7) is 0.820. The van der Waals surface area contributed by atoms with Gasteiger partial charge >= 0.3 is 0 Å². The third-order valence-corrected chi connectivity index (χ3v) is 5.51. The Hall–Kier alpha value is -0.330. The summed E-state index contributed by atoms with van der Waals surface area (Å²) >= 11 is 11.8. The maximum absolute atomic E-state index is 11.6. The molecule has 1 aromatic rings. The van der Waals surface area contributed by atoms with Crippen molar-refractivity contribution >= 4 is 33.2 Å². The van der Waals surface area contributed by atoms with Gasteiger partial charge in [-0.05, 0) is 30.5 Å². The predicted molar refractivity (Wildman–Crippen MR) is 76.0 cm³/mol. The minimum Gasteiger partial charge on any atom is -0.381 e. The van der Waals surface area contributed by atoms with E-state index in [1.54, 1.807) is 12.1 Å². The molecular weight excluding hydrogens is 309 g/mol. The third-order valence-electron chi connectivity index (χ3n) is 3.31. The lowest BCUT2D eigenvalue weighted by atomic mass is 9.93. The molecule has 106 valence electrons. The van der Waals surface area contributed by atoms with Crippen molar-refractivity contribution in [3.63, 3.8) is 0 Å². The summed E-state index contributed by atoms with van der Waals surface area (Å²) < 4.78 is 28.5. The Kier molecular flexibility index (Phi) is 4.74. The monoisotopic (exact) mass is 323 g/mol. The molecule has 0 saturated carbocycles. The van der Waals surface area contributed by atoms with Crippen LogP contribution in [0.15, 0.2) is 18.2 Å². The molecule has 0 aromatic heterocycles. The largest absolute Gasteiger partial charge is 0.381 e. The Labute approximate surface area is 122 Å². The van der Waals surface area contributed by atoms with Gasteiger partial charge in [0.2, 0.25) is 10.0 Å². The summed E-state index contributed by atoms with van der Waals surface area (Å²) in [5.74, 6) is -0.152. The number of primary sulfonamides is 1. The highest BCUT2D eigenvalue weighted by Crippen LogP contribution is 2.27. The molecule has 0 unspecified atom stereocenters. The lowest BCUT2D eigenvalue weighted by Crippen LogP contribution is -2.42. The van der Waals surface area contributed by atoms with Crippen LogP contribution in [0.3, 0.4) is 0 Å². The standard InChI is InChI=1S/C12H15Cl2NO3S/c13-10-2-1-8(6-11(10)14)5-9-7-18-4-3-12(9)19(15,16)17/h1-2,6,9,12H,3-5,7H2,(H2,15,16,17)/t9-,12-/m1/s1. The van der Waals surface area contributed by atoms with Crippen LogP contribution in [0.5, 0.6) is 0 Å². The maximum Gasteiger partial charge on any atom is 0.212 e. The van der Waals surface area contributed by atoms with Gasteiger partial charge in [0.1, 0.15) is 0 Å². The first-order valence-corrected chi connectivity index (χ1v) is 8.28. The van der Waals surface area contributed by atoms with E-state index in [9.17, 15) is 8.42 Å². The summed E-state index contributed by atoms with van der Waals surface area (Å²) in [7, 11) is -3.55. The van der Waals surface area contributed by atoms with Crippen LogP contribution in [0.1, 0.15) is 12.0 Å². The first kappa shape index (κ1) is 15.1. The van der Waals surface area contributed by atoms with Crippen molar-refractivity contribution in [1.82, 2.24) is 0 Å². The SMILES string of the molecule is NS(=O)(=O)[C@@H]1CCOC[C@H]1Cc1ccc(Cl)c(Cl)c1. The highest BCUT2D eigenvalue weighted by atomic mass is 35.5. The molecule has 0 spiro atoms. The van der Waals surface area contributed by atoms with Crippen LogP contribution in [-0.4, -0.2) is 26.9 Å². The fraction of sp³-hybridized carbons (Fsp3) is 0.500. The molecule has 1 aromatic carbocycles. The maximum atomic E-state index is 11.6. The highest BCUT2D eigenvalue weighted by Gasteiger charge is 2.34. The predicted octanol–water partition coefficient (Wildman–Crippen LogP) is 2.23. The van der Waals surface area contributed by atoms with Crippen LogP contribution in [0.25, 0.3) is 0 Å². The molecule has 1 heterocycles. The lowest BCUT2D eigenvalue weighted by molar-refractivity contribution is 0.0572. The van der Waals surface area contributed by atoms with Crippen LogP contribution < -0.4 is 5.14 Å². The van der Waals surface area contributed by atoms with Crippen molar-refractivity contribution in [2.24, 2.45) is 11.1 Å². The van der Waals surface area contributed by atoms with Crippen molar-refractivity contribution in [2.45, 2.75) is 18.1 Å². The molecule has 2 rings (SSSR count). The second kappa shape index (κ2) is 5.97. The second-order valence-corrected chi connectivity index (χ2v) is 7.30. The first-order chi connectivity index (χ1) is 8.88. The van der Waals surface area contributed by atoms with E-state index in [-0.39, 0.29) is 5.92 Å². The van der Waals surface area contributed by atoms with Crippen LogP contribution in [0, 0.1) is 5.92 Å². The van der Waals surface area contributed by atoms with E-state index in [0.29, 0.717) is 36.1 Å². The molecule has 0 aliphatic carbocycles. The van der Waals surface area contributed by atoms with E-state index < -0.39 is 15.3 Å². The zero-order valence-electron chi connectivity index (χ0n) is 10.2. The third kappa shape index (κ3) is 3.83. The topological polar surface area (TPSA) is 69.4 Å². The van der Waals surface area contributed by atoms with E-state index in [1.165, 1.54) is 0 Å². The average Bonchev–Trinajstić information content (AvgIpc) is 2.33. The first-order valence-electron chi connectivity index (χ1n) is 5.91. The van der Waals surface area contributed by atoms with Crippen LogP contribution in [-0.2, 0) is 21.2 Å². The summed E-state index contributed by atoms with van der Waals surface area (Å²) in [6.07, 6.45) is 0.989. The Bertz CT molecular complexity index is 562. The normalized spacial score (nSPS) is 24.4. The number of hydrogen-bond donors (Lipinski definition) is 1. The quantitative estimate of drug-likeness (QED) is 0.927. The molecule has 1 saturated heterocycles.